The first-order valence-electron chi connectivity index (χ1n) is 9.04. The van der Waals surface area contributed by atoms with Gasteiger partial charge in [0, 0.05) is 16.6 Å². The molecular weight excluding hydrogens is 360 g/mol. The molecule has 0 aliphatic heterocycles. The molecule has 0 radical (unpaired) electrons. The van der Waals surface area contributed by atoms with Crippen molar-refractivity contribution in [3.05, 3.63) is 70.3 Å². The van der Waals surface area contributed by atoms with Crippen LogP contribution >= 0.6 is 11.6 Å². The molecule has 0 saturated heterocycles. The molecule has 5 heteroatoms. The summed E-state index contributed by atoms with van der Waals surface area (Å²) in [5.41, 5.74) is 1.81. The fraction of sp³-hybridized carbons (Fsp3) is 0.273. The topological polar surface area (TPSA) is 62.1 Å². The maximum Gasteiger partial charge on any atom is 0.262 e. The maximum atomic E-state index is 12.3. The molecule has 0 bridgehead atoms. The van der Waals surface area contributed by atoms with Crippen molar-refractivity contribution in [1.82, 2.24) is 5.32 Å². The number of benzene rings is 2. The van der Waals surface area contributed by atoms with Crippen LogP contribution in [0.15, 0.2) is 54.1 Å². The molecule has 0 unspecified atom stereocenters. The second kappa shape index (κ2) is 9.25. The predicted octanol–water partition coefficient (Wildman–Crippen LogP) is 4.88. The van der Waals surface area contributed by atoms with E-state index in [2.05, 4.69) is 5.32 Å². The Morgan fingerprint density at radius 3 is 2.56 bits per heavy atom. The van der Waals surface area contributed by atoms with Gasteiger partial charge in [-0.15, -0.1) is 0 Å². The summed E-state index contributed by atoms with van der Waals surface area (Å²) < 4.78 is 5.75. The van der Waals surface area contributed by atoms with E-state index in [0.717, 1.165) is 36.8 Å². The molecular formula is C22H21ClN2O2. The number of amides is 1. The summed E-state index contributed by atoms with van der Waals surface area (Å²) in [5.74, 6) is 0.393. The first-order chi connectivity index (χ1) is 13.2. The van der Waals surface area contributed by atoms with Gasteiger partial charge in [0.1, 0.15) is 24.0 Å². The van der Waals surface area contributed by atoms with E-state index >= 15 is 0 Å². The Hall–Kier alpha value is -2.77. The number of rotatable bonds is 6. The van der Waals surface area contributed by atoms with Crippen molar-refractivity contribution in [2.45, 2.75) is 38.3 Å². The third-order valence-electron chi connectivity index (χ3n) is 4.60. The highest BCUT2D eigenvalue weighted by molar-refractivity contribution is 6.31. The summed E-state index contributed by atoms with van der Waals surface area (Å²) in [7, 11) is 0. The van der Waals surface area contributed by atoms with Gasteiger partial charge in [0.15, 0.2) is 0 Å². The van der Waals surface area contributed by atoms with Gasteiger partial charge in [0.05, 0.1) is 0 Å². The average molecular weight is 381 g/mol. The van der Waals surface area contributed by atoms with Crippen LogP contribution in [0.3, 0.4) is 0 Å². The molecule has 1 aliphatic carbocycles. The monoisotopic (exact) mass is 380 g/mol. The SMILES string of the molecule is N#C/C(=C/c1ccc(OCc2ccccc2Cl)cc1)C(=O)NC1CCCC1. The van der Waals surface area contributed by atoms with Gasteiger partial charge in [-0.1, -0.05) is 54.8 Å². The van der Waals surface area contributed by atoms with Crippen molar-refractivity contribution in [1.29, 1.82) is 5.26 Å². The number of nitriles is 1. The molecule has 4 nitrogen and oxygen atoms in total. The van der Waals surface area contributed by atoms with Crippen molar-refractivity contribution in [3.63, 3.8) is 0 Å². The zero-order chi connectivity index (χ0) is 19.1. The Bertz CT molecular complexity index is 863. The number of hydrogen-bond donors (Lipinski definition) is 1. The van der Waals surface area contributed by atoms with E-state index in [0.29, 0.717) is 17.4 Å². The van der Waals surface area contributed by atoms with Crippen LogP contribution in [0.5, 0.6) is 5.75 Å². The van der Waals surface area contributed by atoms with E-state index in [9.17, 15) is 10.1 Å². The Morgan fingerprint density at radius 1 is 1.19 bits per heavy atom. The van der Waals surface area contributed by atoms with E-state index in [4.69, 9.17) is 16.3 Å². The molecule has 0 aromatic heterocycles. The maximum absolute atomic E-state index is 12.3. The quantitative estimate of drug-likeness (QED) is 0.573. The van der Waals surface area contributed by atoms with Crippen molar-refractivity contribution in [3.8, 4) is 11.8 Å². The van der Waals surface area contributed by atoms with Gasteiger partial charge in [0.2, 0.25) is 0 Å². The Balaban J connectivity index is 1.61. The minimum Gasteiger partial charge on any atom is -0.489 e. The van der Waals surface area contributed by atoms with Crippen LogP contribution in [0.4, 0.5) is 0 Å². The lowest BCUT2D eigenvalue weighted by atomic mass is 10.1. The van der Waals surface area contributed by atoms with Gasteiger partial charge >= 0.3 is 0 Å². The minimum atomic E-state index is -0.302. The second-order valence-electron chi connectivity index (χ2n) is 6.57. The molecule has 0 atom stereocenters. The van der Waals surface area contributed by atoms with Crippen LogP contribution in [0.2, 0.25) is 5.02 Å². The fourth-order valence-electron chi connectivity index (χ4n) is 3.09. The Labute approximate surface area is 164 Å². The molecule has 27 heavy (non-hydrogen) atoms. The van der Waals surface area contributed by atoms with E-state index in [1.807, 2.05) is 54.6 Å². The zero-order valence-corrected chi connectivity index (χ0v) is 15.7. The largest absolute Gasteiger partial charge is 0.489 e. The van der Waals surface area contributed by atoms with Gasteiger partial charge in [0.25, 0.3) is 5.91 Å². The van der Waals surface area contributed by atoms with Crippen LogP contribution < -0.4 is 10.1 Å². The van der Waals surface area contributed by atoms with Crippen molar-refractivity contribution in [2.24, 2.45) is 0 Å². The van der Waals surface area contributed by atoms with Gasteiger partial charge in [-0.25, -0.2) is 0 Å². The van der Waals surface area contributed by atoms with Crippen LogP contribution in [0.1, 0.15) is 36.8 Å². The standard InChI is InChI=1S/C22H21ClN2O2/c23-21-8-4-1-5-17(21)15-27-20-11-9-16(10-12-20)13-18(14-24)22(26)25-19-6-2-3-7-19/h1,4-5,8-13,19H,2-3,6-7,15H2,(H,25,26)/b18-13-. The molecule has 1 saturated carbocycles. The van der Waals surface area contributed by atoms with E-state index in [1.165, 1.54) is 0 Å². The van der Waals surface area contributed by atoms with Crippen LogP contribution in [0, 0.1) is 11.3 Å². The molecule has 3 rings (SSSR count). The lowest BCUT2D eigenvalue weighted by Gasteiger charge is -2.11. The number of nitrogens with zero attached hydrogens (tertiary/aromatic N) is 1. The lowest BCUT2D eigenvalue weighted by Crippen LogP contribution is -2.33. The summed E-state index contributed by atoms with van der Waals surface area (Å²) in [5, 5.41) is 12.9. The molecule has 2 aromatic carbocycles. The van der Waals surface area contributed by atoms with Gasteiger partial charge in [-0.3, -0.25) is 4.79 Å². The molecule has 1 N–H and O–H groups in total. The molecule has 0 spiro atoms. The minimum absolute atomic E-state index is 0.117. The fourth-order valence-corrected chi connectivity index (χ4v) is 3.28. The number of hydrogen-bond acceptors (Lipinski definition) is 3. The number of carbonyl (C=O) groups is 1. The summed E-state index contributed by atoms with van der Waals surface area (Å²) in [6.45, 7) is 0.377. The number of nitrogens with one attached hydrogen (secondary N) is 1. The molecule has 1 fully saturated rings. The average Bonchev–Trinajstić information content (AvgIpc) is 3.19. The third-order valence-corrected chi connectivity index (χ3v) is 4.97. The highest BCUT2D eigenvalue weighted by Crippen LogP contribution is 2.20. The second-order valence-corrected chi connectivity index (χ2v) is 6.98. The van der Waals surface area contributed by atoms with Gasteiger partial charge in [-0.05, 0) is 42.7 Å². The Kier molecular flexibility index (Phi) is 6.51. The highest BCUT2D eigenvalue weighted by Gasteiger charge is 2.19. The first-order valence-corrected chi connectivity index (χ1v) is 9.42. The summed E-state index contributed by atoms with van der Waals surface area (Å²) >= 11 is 6.12. The predicted molar refractivity (Wildman–Crippen MR) is 106 cm³/mol. The number of carbonyl (C=O) groups excluding carboxylic acids is 1. The molecule has 1 aliphatic rings. The Morgan fingerprint density at radius 2 is 1.89 bits per heavy atom. The molecule has 138 valence electrons. The molecule has 1 amide bonds. The summed E-state index contributed by atoms with van der Waals surface area (Å²) in [6.07, 6.45) is 5.84. The molecule has 0 heterocycles. The number of ether oxygens (including phenoxy) is 1. The van der Waals surface area contributed by atoms with E-state index < -0.39 is 0 Å². The van der Waals surface area contributed by atoms with Crippen molar-refractivity contribution >= 4 is 23.6 Å². The third kappa shape index (κ3) is 5.35. The lowest BCUT2D eigenvalue weighted by molar-refractivity contribution is -0.117. The van der Waals surface area contributed by atoms with Crippen LogP contribution in [-0.4, -0.2) is 11.9 Å². The molecule has 2 aromatic rings. The van der Waals surface area contributed by atoms with Gasteiger partial charge in [-0.2, -0.15) is 5.26 Å². The normalized spacial score (nSPS) is 14.6. The van der Waals surface area contributed by atoms with Crippen molar-refractivity contribution in [2.75, 3.05) is 0 Å². The highest BCUT2D eigenvalue weighted by atomic mass is 35.5. The van der Waals surface area contributed by atoms with Crippen molar-refractivity contribution < 1.29 is 9.53 Å². The summed E-state index contributed by atoms with van der Waals surface area (Å²) in [6, 6.07) is 17.0. The van der Waals surface area contributed by atoms with Gasteiger partial charge < -0.3 is 10.1 Å². The van der Waals surface area contributed by atoms with E-state index in [1.54, 1.807) is 6.08 Å². The number of halogens is 1. The summed E-state index contributed by atoms with van der Waals surface area (Å²) in [4.78, 5) is 12.3. The van der Waals surface area contributed by atoms with Crippen LogP contribution in [-0.2, 0) is 11.4 Å². The smallest absolute Gasteiger partial charge is 0.262 e. The van der Waals surface area contributed by atoms with Crippen LogP contribution in [0.25, 0.3) is 6.08 Å². The van der Waals surface area contributed by atoms with E-state index in [-0.39, 0.29) is 17.5 Å². The zero-order valence-electron chi connectivity index (χ0n) is 15.0. The first kappa shape index (κ1) is 19.0.